The molecule has 1 aromatic heterocycles. The van der Waals surface area contributed by atoms with Crippen molar-refractivity contribution in [2.75, 3.05) is 4.90 Å². The number of hydrogen-bond donors (Lipinski definition) is 0. The van der Waals surface area contributed by atoms with E-state index in [2.05, 4.69) is 242 Å². The normalized spacial score (nSPS) is 15.4. The van der Waals surface area contributed by atoms with Gasteiger partial charge in [-0.3, -0.25) is 0 Å². The predicted molar refractivity (Wildman–Crippen MR) is 276 cm³/mol. The molecule has 1 aliphatic heterocycles. The Hall–Kier alpha value is -7.98. The van der Waals surface area contributed by atoms with E-state index in [0.717, 1.165) is 33.6 Å². The van der Waals surface area contributed by atoms with Crippen LogP contribution < -0.4 is 9.64 Å². The molecule has 2 nitrogen and oxygen atoms in total. The summed E-state index contributed by atoms with van der Waals surface area (Å²) in [7, 11) is 0. The molecule has 0 radical (unpaired) electrons. The molecular weight excluding hydrogens is 807 g/mol. The summed E-state index contributed by atoms with van der Waals surface area (Å²) >= 11 is 1.87. The summed E-state index contributed by atoms with van der Waals surface area (Å²) < 4.78 is 10.0. The molecule has 3 heteroatoms. The van der Waals surface area contributed by atoms with Gasteiger partial charge in [0.2, 0.25) is 0 Å². The van der Waals surface area contributed by atoms with Gasteiger partial charge in [0.05, 0.1) is 16.1 Å². The Bertz CT molecular complexity index is 3670. The number of anilines is 3. The average molecular weight is 848 g/mol. The van der Waals surface area contributed by atoms with Crippen LogP contribution in [0.4, 0.5) is 17.1 Å². The smallest absolute Gasteiger partial charge is 0.135 e. The molecule has 0 N–H and O–H groups in total. The highest BCUT2D eigenvalue weighted by Crippen LogP contribution is 2.56. The molecule has 1 aliphatic carbocycles. The second kappa shape index (κ2) is 15.4. The van der Waals surface area contributed by atoms with Gasteiger partial charge in [-0.15, -0.1) is 11.3 Å². The minimum Gasteiger partial charge on any atom is -0.484 e. The van der Waals surface area contributed by atoms with Gasteiger partial charge in [0.1, 0.15) is 11.9 Å². The maximum atomic E-state index is 7.48. The van der Waals surface area contributed by atoms with E-state index in [4.69, 9.17) is 4.74 Å². The van der Waals surface area contributed by atoms with Crippen LogP contribution in [-0.4, -0.2) is 6.10 Å². The van der Waals surface area contributed by atoms with Crippen molar-refractivity contribution in [2.45, 2.75) is 12.0 Å². The van der Waals surface area contributed by atoms with Crippen LogP contribution in [0.1, 0.15) is 22.6 Å². The summed E-state index contributed by atoms with van der Waals surface area (Å²) in [6, 6.07) is 81.7. The van der Waals surface area contributed by atoms with Gasteiger partial charge in [-0.2, -0.15) is 0 Å². The highest BCUT2D eigenvalue weighted by Gasteiger charge is 2.41. The molecule has 0 fully saturated rings. The van der Waals surface area contributed by atoms with Crippen LogP contribution >= 0.6 is 11.3 Å². The van der Waals surface area contributed by atoms with Crippen molar-refractivity contribution in [2.24, 2.45) is 0 Å². The SMILES string of the molecule is C1=CC2c3cc(N(c4ccc(-c5ccccc5)cc4)c4cccc5c4sc4ccccc45)c4ccccc4c3OC2C(c2cccc3ccccc23)=C1c1ccc(-c2ccccc2)cc1. The second-order valence-corrected chi connectivity index (χ2v) is 18.1. The van der Waals surface area contributed by atoms with Crippen molar-refractivity contribution in [3.63, 3.8) is 0 Å². The van der Waals surface area contributed by atoms with Crippen LogP contribution in [-0.2, 0) is 0 Å². The van der Waals surface area contributed by atoms with E-state index in [1.165, 1.54) is 81.0 Å². The molecule has 65 heavy (non-hydrogen) atoms. The van der Waals surface area contributed by atoms with Gasteiger partial charge in [-0.1, -0.05) is 206 Å². The van der Waals surface area contributed by atoms with Crippen LogP contribution in [0.3, 0.4) is 0 Å². The van der Waals surface area contributed by atoms with Gasteiger partial charge < -0.3 is 9.64 Å². The van der Waals surface area contributed by atoms with Gasteiger partial charge in [-0.25, -0.2) is 0 Å². The number of nitrogens with zero attached hydrogens (tertiary/aromatic N) is 1. The van der Waals surface area contributed by atoms with Gasteiger partial charge >= 0.3 is 0 Å². The zero-order valence-electron chi connectivity index (χ0n) is 35.4. The summed E-state index contributed by atoms with van der Waals surface area (Å²) in [4.78, 5) is 2.50. The van der Waals surface area contributed by atoms with Crippen molar-refractivity contribution < 1.29 is 4.74 Å². The lowest BCUT2D eigenvalue weighted by atomic mass is 9.78. The molecule has 0 saturated carbocycles. The van der Waals surface area contributed by atoms with E-state index >= 15 is 0 Å². The van der Waals surface area contributed by atoms with E-state index in [1.54, 1.807) is 0 Å². The third-order valence-electron chi connectivity index (χ3n) is 13.5. The van der Waals surface area contributed by atoms with E-state index < -0.39 is 0 Å². The number of hydrogen-bond acceptors (Lipinski definition) is 3. The Morgan fingerprint density at radius 2 is 1.00 bits per heavy atom. The van der Waals surface area contributed by atoms with Gasteiger partial charge in [0.25, 0.3) is 0 Å². The Morgan fingerprint density at radius 1 is 0.431 bits per heavy atom. The maximum absolute atomic E-state index is 7.48. The number of ether oxygens (including phenoxy) is 1. The highest BCUT2D eigenvalue weighted by molar-refractivity contribution is 7.26. The van der Waals surface area contributed by atoms with Crippen molar-refractivity contribution in [1.29, 1.82) is 0 Å². The van der Waals surface area contributed by atoms with Crippen molar-refractivity contribution in [1.82, 2.24) is 0 Å². The summed E-state index contributed by atoms with van der Waals surface area (Å²) in [6.07, 6.45) is 4.52. The Labute approximate surface area is 382 Å². The lowest BCUT2D eigenvalue weighted by Crippen LogP contribution is -2.23. The summed E-state index contributed by atoms with van der Waals surface area (Å²) in [5, 5.41) is 7.26. The predicted octanol–water partition coefficient (Wildman–Crippen LogP) is 17.2. The third kappa shape index (κ3) is 6.23. The molecule has 13 rings (SSSR count). The van der Waals surface area contributed by atoms with Gasteiger partial charge in [0.15, 0.2) is 0 Å². The van der Waals surface area contributed by atoms with Crippen molar-refractivity contribution >= 4 is 81.3 Å². The molecule has 10 aromatic carbocycles. The molecular formula is C62H41NOS. The van der Waals surface area contributed by atoms with Crippen molar-refractivity contribution in [3.05, 3.63) is 253 Å². The van der Waals surface area contributed by atoms with Crippen LogP contribution in [0.15, 0.2) is 237 Å². The average Bonchev–Trinajstić information content (AvgIpc) is 3.96. The number of benzene rings is 10. The van der Waals surface area contributed by atoms with Gasteiger partial charge in [0, 0.05) is 49.0 Å². The van der Waals surface area contributed by atoms with Crippen LogP contribution in [0, 0.1) is 0 Å². The lowest BCUT2D eigenvalue weighted by molar-refractivity contribution is 0.282. The van der Waals surface area contributed by atoms with Crippen LogP contribution in [0.5, 0.6) is 5.75 Å². The monoisotopic (exact) mass is 847 g/mol. The molecule has 2 heterocycles. The molecule has 2 atom stereocenters. The summed E-state index contributed by atoms with van der Waals surface area (Å²) in [6.45, 7) is 0. The third-order valence-corrected chi connectivity index (χ3v) is 14.7. The molecule has 2 unspecified atom stereocenters. The van der Waals surface area contributed by atoms with E-state index in [-0.39, 0.29) is 12.0 Å². The second-order valence-electron chi connectivity index (χ2n) is 17.1. The number of allylic oxidation sites excluding steroid dienone is 2. The van der Waals surface area contributed by atoms with Crippen LogP contribution in [0.2, 0.25) is 0 Å². The maximum Gasteiger partial charge on any atom is 0.135 e. The number of rotatable bonds is 7. The Balaban J connectivity index is 1.01. The summed E-state index contributed by atoms with van der Waals surface area (Å²) in [5.41, 5.74) is 14.2. The van der Waals surface area contributed by atoms with Crippen molar-refractivity contribution in [3.8, 4) is 28.0 Å². The van der Waals surface area contributed by atoms with E-state index in [9.17, 15) is 0 Å². The first-order chi connectivity index (χ1) is 32.2. The topological polar surface area (TPSA) is 12.5 Å². The fourth-order valence-corrected chi connectivity index (χ4v) is 11.6. The zero-order chi connectivity index (χ0) is 42.8. The lowest BCUT2D eigenvalue weighted by Gasteiger charge is -2.29. The summed E-state index contributed by atoms with van der Waals surface area (Å²) in [5.74, 6) is 0.943. The minimum atomic E-state index is -0.243. The fourth-order valence-electron chi connectivity index (χ4n) is 10.4. The molecule has 0 saturated heterocycles. The quantitative estimate of drug-likeness (QED) is 0.158. The first kappa shape index (κ1) is 37.6. The molecule has 306 valence electrons. The molecule has 0 bridgehead atoms. The Kier molecular flexibility index (Phi) is 8.89. The molecule has 0 spiro atoms. The van der Waals surface area contributed by atoms with Crippen LogP contribution in [0.25, 0.3) is 75.1 Å². The Morgan fingerprint density at radius 3 is 1.75 bits per heavy atom. The largest absolute Gasteiger partial charge is 0.484 e. The van der Waals surface area contributed by atoms with E-state index in [0.29, 0.717) is 0 Å². The molecule has 11 aromatic rings. The number of fused-ring (bicyclic) bond motifs is 9. The van der Waals surface area contributed by atoms with E-state index in [1.807, 2.05) is 11.3 Å². The first-order valence-electron chi connectivity index (χ1n) is 22.4. The minimum absolute atomic E-state index is 0.0166. The standard InChI is InChI=1S/C62H41NOS/c1-3-15-40(16-4-1)42-29-31-45(32-30-42)48-37-38-53-55-39-57(49-22-9-10-24-52(49)60(55)64-61(53)59(48)51-25-13-20-44-19-7-8-21-47(44)51)63(46-35-33-43(34-36-46)41-17-5-2-6-18-41)56-27-14-26-54-50-23-11-12-28-58(50)65-62(54)56/h1-39,53,61H. The number of thiophene rings is 1. The zero-order valence-corrected chi connectivity index (χ0v) is 36.3. The molecule has 2 aliphatic rings. The first-order valence-corrected chi connectivity index (χ1v) is 23.2. The highest BCUT2D eigenvalue weighted by atomic mass is 32.1. The van der Waals surface area contributed by atoms with Gasteiger partial charge in [-0.05, 0) is 80.1 Å². The fraction of sp³-hybridized carbons (Fsp3) is 0.0323. The molecule has 0 amide bonds.